The van der Waals surface area contributed by atoms with Crippen molar-refractivity contribution in [2.24, 2.45) is 0 Å². The van der Waals surface area contributed by atoms with Crippen molar-refractivity contribution in [2.75, 3.05) is 0 Å². The average molecular weight is 674 g/mol. The Balaban J connectivity index is 1.40. The van der Waals surface area contributed by atoms with Crippen LogP contribution in [0.2, 0.25) is 0 Å². The Labute approximate surface area is 288 Å². The fourth-order valence-corrected chi connectivity index (χ4v) is 7.47. The van der Waals surface area contributed by atoms with E-state index in [1.807, 2.05) is 78.9 Å². The molecule has 0 aliphatic carbocycles. The zero-order valence-corrected chi connectivity index (χ0v) is 26.5. The second-order valence-corrected chi connectivity index (χ2v) is 12.6. The number of H-pyrrole nitrogens is 1. The van der Waals surface area contributed by atoms with Gasteiger partial charge in [0.1, 0.15) is 0 Å². The third-order valence-corrected chi connectivity index (χ3v) is 9.86. The first-order valence-electron chi connectivity index (χ1n) is 16.0. The predicted octanol–water partition coefficient (Wildman–Crippen LogP) is 9.43. The average Bonchev–Trinajstić information content (AvgIpc) is 3.55. The van der Waals surface area contributed by atoms with Gasteiger partial charge in [-0.05, 0) is 39.6 Å². The highest BCUT2D eigenvalue weighted by Crippen LogP contribution is 2.61. The molecule has 9 rings (SSSR count). The first-order chi connectivity index (χ1) is 24.7. The van der Waals surface area contributed by atoms with Crippen LogP contribution in [0.15, 0.2) is 109 Å². The van der Waals surface area contributed by atoms with Gasteiger partial charge in [-0.25, -0.2) is 0 Å². The van der Waals surface area contributed by atoms with E-state index in [9.17, 15) is 40.9 Å². The highest BCUT2D eigenvalue weighted by atomic mass is 16.4. The molecule has 0 spiro atoms. The Morgan fingerprint density at radius 1 is 0.353 bits per heavy atom. The number of nitrogens with one attached hydrogen (secondary N) is 1. The van der Waals surface area contributed by atoms with Gasteiger partial charge in [-0.2, -0.15) is 0 Å². The summed E-state index contributed by atoms with van der Waals surface area (Å²) in [5.74, 6) is -7.34. The number of rotatable bonds is 3. The summed E-state index contributed by atoms with van der Waals surface area (Å²) in [5, 5.41) is 92.4. The summed E-state index contributed by atoms with van der Waals surface area (Å²) in [7, 11) is 0. The van der Waals surface area contributed by atoms with Gasteiger partial charge in [-0.1, -0.05) is 97.1 Å². The molecule has 0 saturated carbocycles. The molecular weight excluding hydrogens is 646 g/mol. The molecule has 9 nitrogen and oxygen atoms in total. The summed E-state index contributed by atoms with van der Waals surface area (Å²) >= 11 is 0. The normalized spacial score (nSPS) is 11.8. The summed E-state index contributed by atoms with van der Waals surface area (Å²) in [6.07, 6.45) is 0. The number of para-hydroxylation sites is 2. The van der Waals surface area contributed by atoms with E-state index in [4.69, 9.17) is 0 Å². The van der Waals surface area contributed by atoms with Crippen molar-refractivity contribution < 1.29 is 40.9 Å². The molecule has 9 N–H and O–H groups in total. The van der Waals surface area contributed by atoms with Crippen molar-refractivity contribution in [2.45, 2.75) is 0 Å². The molecule has 9 aromatic rings. The highest BCUT2D eigenvalue weighted by molar-refractivity contribution is 6.29. The number of fused-ring (bicyclic) bond motifs is 6. The molecule has 9 heteroatoms. The number of aromatic hydroxyl groups is 8. The SMILES string of the molecule is Oc1c(O)c(O)c2c(-c3ccc4ccccc4c3)c3c(O)c(O)c(O)c(O)c3c(-c3ccc(-c4cccc5c4[nH]c4ccccc45)cc3)c2c1O. The Morgan fingerprint density at radius 2 is 0.824 bits per heavy atom. The lowest BCUT2D eigenvalue weighted by atomic mass is 9.83. The number of phenolic OH excluding ortho intramolecular Hbond substituents is 8. The van der Waals surface area contributed by atoms with Crippen molar-refractivity contribution in [1.29, 1.82) is 0 Å². The lowest BCUT2D eigenvalue weighted by molar-refractivity contribution is 0.350. The van der Waals surface area contributed by atoms with Gasteiger partial charge in [0.15, 0.2) is 23.0 Å². The smallest absolute Gasteiger partial charge is 0.204 e. The van der Waals surface area contributed by atoms with Crippen LogP contribution in [0.25, 0.3) is 87.5 Å². The molecule has 0 unspecified atom stereocenters. The lowest BCUT2D eigenvalue weighted by Crippen LogP contribution is -1.95. The number of aromatic nitrogens is 1. The first kappa shape index (κ1) is 29.8. The quantitative estimate of drug-likeness (QED) is 0.0506. The Bertz CT molecular complexity index is 2860. The summed E-state index contributed by atoms with van der Waals surface area (Å²) in [4.78, 5) is 3.50. The van der Waals surface area contributed by atoms with E-state index in [2.05, 4.69) is 4.98 Å². The van der Waals surface area contributed by atoms with E-state index in [0.29, 0.717) is 11.1 Å². The second-order valence-electron chi connectivity index (χ2n) is 12.6. The fourth-order valence-electron chi connectivity index (χ4n) is 7.47. The highest BCUT2D eigenvalue weighted by Gasteiger charge is 2.32. The van der Waals surface area contributed by atoms with E-state index >= 15 is 0 Å². The van der Waals surface area contributed by atoms with Gasteiger partial charge in [0.25, 0.3) is 0 Å². The summed E-state index contributed by atoms with van der Waals surface area (Å²) < 4.78 is 0. The van der Waals surface area contributed by atoms with Crippen molar-refractivity contribution in [3.8, 4) is 79.4 Å². The van der Waals surface area contributed by atoms with Crippen LogP contribution in [-0.4, -0.2) is 45.8 Å². The van der Waals surface area contributed by atoms with Crippen LogP contribution in [0.5, 0.6) is 46.0 Å². The molecule has 0 fully saturated rings. The lowest BCUT2D eigenvalue weighted by Gasteiger charge is -2.22. The molecule has 0 aliphatic rings. The molecular formula is C42H27NO8. The number of phenols is 8. The fraction of sp³-hybridized carbons (Fsp3) is 0. The maximum atomic E-state index is 11.5. The van der Waals surface area contributed by atoms with Crippen molar-refractivity contribution >= 4 is 54.1 Å². The Morgan fingerprint density at radius 3 is 1.43 bits per heavy atom. The van der Waals surface area contributed by atoms with E-state index in [1.54, 1.807) is 30.3 Å². The standard InChI is InChI=1S/C42H27NO8/c44-35-30-28(21-15-13-20(14-16-21)24-9-5-10-26-25-8-3-4-11-27(25)43-34(24)26)31-33(38(47)42(51)40(49)36(31)45)29(32(30)37(46)41(50)39(35)48)23-17-12-19-6-1-2-7-22(19)18-23/h1-18,43-51H. The Kier molecular flexibility index (Phi) is 6.21. The molecule has 51 heavy (non-hydrogen) atoms. The first-order valence-corrected chi connectivity index (χ1v) is 16.0. The summed E-state index contributed by atoms with van der Waals surface area (Å²) in [5.41, 5.74) is 4.32. The molecule has 0 radical (unpaired) electrons. The van der Waals surface area contributed by atoms with Crippen LogP contribution in [-0.2, 0) is 0 Å². The molecule has 1 aromatic heterocycles. The maximum Gasteiger partial charge on any atom is 0.204 e. The minimum Gasteiger partial charge on any atom is -0.504 e. The monoisotopic (exact) mass is 673 g/mol. The number of aromatic amines is 1. The van der Waals surface area contributed by atoms with Crippen molar-refractivity contribution in [1.82, 2.24) is 4.98 Å². The van der Waals surface area contributed by atoms with Gasteiger partial charge < -0.3 is 45.8 Å². The maximum absolute atomic E-state index is 11.5. The molecule has 1 heterocycles. The number of hydrogen-bond acceptors (Lipinski definition) is 8. The van der Waals surface area contributed by atoms with Gasteiger partial charge in [0.05, 0.1) is 5.52 Å². The Hall–Kier alpha value is -7.26. The van der Waals surface area contributed by atoms with E-state index in [1.165, 1.54) is 0 Å². The number of hydrogen-bond donors (Lipinski definition) is 9. The van der Waals surface area contributed by atoms with E-state index < -0.39 is 46.0 Å². The third kappa shape index (κ3) is 4.09. The third-order valence-electron chi connectivity index (χ3n) is 9.86. The molecule has 0 bridgehead atoms. The van der Waals surface area contributed by atoms with Crippen molar-refractivity contribution in [3.63, 3.8) is 0 Å². The van der Waals surface area contributed by atoms with Gasteiger partial charge in [-0.15, -0.1) is 0 Å². The molecule has 0 aliphatic heterocycles. The topological polar surface area (TPSA) is 178 Å². The van der Waals surface area contributed by atoms with E-state index in [-0.39, 0.29) is 32.7 Å². The summed E-state index contributed by atoms with van der Waals surface area (Å²) in [6.45, 7) is 0. The minimum atomic E-state index is -1.01. The minimum absolute atomic E-state index is 0.00260. The molecule has 0 amide bonds. The molecule has 0 atom stereocenters. The van der Waals surface area contributed by atoms with Crippen LogP contribution in [0, 0.1) is 0 Å². The van der Waals surface area contributed by atoms with Gasteiger partial charge in [0, 0.05) is 54.5 Å². The van der Waals surface area contributed by atoms with Gasteiger partial charge in [0.2, 0.25) is 23.0 Å². The zero-order valence-electron chi connectivity index (χ0n) is 26.5. The molecule has 248 valence electrons. The van der Waals surface area contributed by atoms with Crippen LogP contribution in [0.1, 0.15) is 0 Å². The van der Waals surface area contributed by atoms with E-state index in [0.717, 1.165) is 43.7 Å². The predicted molar refractivity (Wildman–Crippen MR) is 198 cm³/mol. The van der Waals surface area contributed by atoms with Gasteiger partial charge in [-0.3, -0.25) is 0 Å². The van der Waals surface area contributed by atoms with Gasteiger partial charge >= 0.3 is 0 Å². The van der Waals surface area contributed by atoms with Crippen LogP contribution in [0.3, 0.4) is 0 Å². The van der Waals surface area contributed by atoms with Crippen LogP contribution in [0.4, 0.5) is 0 Å². The summed E-state index contributed by atoms with van der Waals surface area (Å²) in [6, 6.07) is 33.6. The second kappa shape index (κ2) is 10.6. The number of benzene rings is 8. The molecule has 8 aromatic carbocycles. The van der Waals surface area contributed by atoms with Crippen LogP contribution < -0.4 is 0 Å². The molecule has 0 saturated heterocycles. The zero-order chi connectivity index (χ0) is 35.3. The largest absolute Gasteiger partial charge is 0.504 e. The van der Waals surface area contributed by atoms with Crippen LogP contribution >= 0.6 is 0 Å². The van der Waals surface area contributed by atoms with Crippen molar-refractivity contribution in [3.05, 3.63) is 109 Å².